The zero-order valence-corrected chi connectivity index (χ0v) is 8.94. The van der Waals surface area contributed by atoms with Crippen molar-refractivity contribution in [2.75, 3.05) is 20.0 Å². The van der Waals surface area contributed by atoms with Crippen molar-refractivity contribution in [3.63, 3.8) is 0 Å². The molecule has 0 aliphatic heterocycles. The van der Waals surface area contributed by atoms with Crippen molar-refractivity contribution in [1.29, 1.82) is 0 Å². The Hall–Kier alpha value is -2.17. The van der Waals surface area contributed by atoms with Gasteiger partial charge in [0, 0.05) is 5.39 Å². The van der Waals surface area contributed by atoms with Gasteiger partial charge in [-0.25, -0.2) is 4.79 Å². The largest absolute Gasteiger partial charge is 0.493 e. The Morgan fingerprint density at radius 3 is 2.75 bits per heavy atom. The van der Waals surface area contributed by atoms with E-state index in [1.54, 1.807) is 18.2 Å². The van der Waals surface area contributed by atoms with Crippen LogP contribution in [0.3, 0.4) is 0 Å². The quantitative estimate of drug-likeness (QED) is 0.783. The maximum absolute atomic E-state index is 11.4. The molecule has 16 heavy (non-hydrogen) atoms. The highest BCUT2D eigenvalue weighted by atomic mass is 16.5. The van der Waals surface area contributed by atoms with Gasteiger partial charge in [0.25, 0.3) is 0 Å². The van der Waals surface area contributed by atoms with E-state index in [-0.39, 0.29) is 11.4 Å². The summed E-state index contributed by atoms with van der Waals surface area (Å²) in [5.74, 6) is -0.0721. The molecule has 0 fully saturated rings. The predicted octanol–water partition coefficient (Wildman–Crippen LogP) is 1.81. The van der Waals surface area contributed by atoms with Crippen LogP contribution in [-0.4, -0.2) is 20.2 Å². The zero-order chi connectivity index (χ0) is 11.7. The van der Waals surface area contributed by atoms with E-state index in [0.29, 0.717) is 16.7 Å². The highest BCUT2D eigenvalue weighted by molar-refractivity contribution is 6.04. The number of nitrogens with two attached hydrogens (primary N) is 1. The molecule has 0 bridgehead atoms. The van der Waals surface area contributed by atoms with Gasteiger partial charge in [-0.05, 0) is 12.1 Å². The minimum atomic E-state index is -0.601. The molecule has 2 N–H and O–H groups in total. The topological polar surface area (TPSA) is 74.7 Å². The molecule has 0 aliphatic carbocycles. The first kappa shape index (κ1) is 10.4. The van der Waals surface area contributed by atoms with Gasteiger partial charge < -0.3 is 19.6 Å². The number of fused-ring (bicyclic) bond motifs is 1. The fourth-order valence-electron chi connectivity index (χ4n) is 1.52. The molecule has 84 valence electrons. The molecule has 0 atom stereocenters. The van der Waals surface area contributed by atoms with Crippen molar-refractivity contribution >= 4 is 22.6 Å². The van der Waals surface area contributed by atoms with Crippen LogP contribution >= 0.6 is 0 Å². The van der Waals surface area contributed by atoms with Gasteiger partial charge in [0.15, 0.2) is 11.3 Å². The molecular formula is C11H11NO4. The number of methoxy groups -OCH3 is 2. The summed E-state index contributed by atoms with van der Waals surface area (Å²) in [6, 6.07) is 5.25. The molecule has 0 saturated heterocycles. The number of carbonyl (C=O) groups excluding carboxylic acids is 1. The van der Waals surface area contributed by atoms with Crippen LogP contribution in [0.15, 0.2) is 22.6 Å². The lowest BCUT2D eigenvalue weighted by atomic mass is 10.2. The molecule has 1 heterocycles. The number of furan rings is 1. The number of hydrogen-bond acceptors (Lipinski definition) is 5. The summed E-state index contributed by atoms with van der Waals surface area (Å²) in [6.07, 6.45) is 0. The second-order valence-corrected chi connectivity index (χ2v) is 3.17. The van der Waals surface area contributed by atoms with Crippen LogP contribution in [0.2, 0.25) is 0 Å². The second kappa shape index (κ2) is 3.77. The van der Waals surface area contributed by atoms with Crippen molar-refractivity contribution in [3.05, 3.63) is 24.0 Å². The van der Waals surface area contributed by atoms with Gasteiger partial charge in [-0.3, -0.25) is 0 Å². The van der Waals surface area contributed by atoms with Crippen LogP contribution in [-0.2, 0) is 4.74 Å². The van der Waals surface area contributed by atoms with Gasteiger partial charge >= 0.3 is 5.97 Å². The lowest BCUT2D eigenvalue weighted by Gasteiger charge is -1.98. The number of anilines is 1. The van der Waals surface area contributed by atoms with Crippen molar-refractivity contribution in [2.45, 2.75) is 0 Å². The molecule has 2 aromatic rings. The van der Waals surface area contributed by atoms with Gasteiger partial charge in [-0.15, -0.1) is 0 Å². The van der Waals surface area contributed by atoms with E-state index in [1.807, 2.05) is 0 Å². The maximum Gasteiger partial charge on any atom is 0.376 e. The Bertz CT molecular complexity index is 544. The highest BCUT2D eigenvalue weighted by Gasteiger charge is 2.20. The van der Waals surface area contributed by atoms with Gasteiger partial charge in [0.05, 0.1) is 19.9 Å². The van der Waals surface area contributed by atoms with E-state index >= 15 is 0 Å². The first-order chi connectivity index (χ1) is 7.69. The van der Waals surface area contributed by atoms with Crippen LogP contribution in [0.25, 0.3) is 11.0 Å². The lowest BCUT2D eigenvalue weighted by molar-refractivity contribution is 0.0569. The monoisotopic (exact) mass is 221 g/mol. The number of ether oxygens (including phenoxy) is 2. The Morgan fingerprint density at radius 2 is 2.12 bits per heavy atom. The van der Waals surface area contributed by atoms with Crippen molar-refractivity contribution < 1.29 is 18.7 Å². The first-order valence-corrected chi connectivity index (χ1v) is 4.62. The van der Waals surface area contributed by atoms with Crippen LogP contribution in [0.1, 0.15) is 10.6 Å². The molecule has 0 amide bonds. The Kier molecular flexibility index (Phi) is 2.44. The number of carbonyl (C=O) groups is 1. The zero-order valence-electron chi connectivity index (χ0n) is 8.94. The fraction of sp³-hybridized carbons (Fsp3) is 0.182. The molecule has 0 radical (unpaired) electrons. The average molecular weight is 221 g/mol. The highest BCUT2D eigenvalue weighted by Crippen LogP contribution is 2.34. The van der Waals surface area contributed by atoms with Crippen molar-refractivity contribution in [2.24, 2.45) is 0 Å². The molecule has 5 heteroatoms. The molecule has 0 unspecified atom stereocenters. The van der Waals surface area contributed by atoms with Crippen LogP contribution in [0.4, 0.5) is 5.69 Å². The van der Waals surface area contributed by atoms with Crippen molar-refractivity contribution in [1.82, 2.24) is 0 Å². The third-order valence-electron chi connectivity index (χ3n) is 2.31. The molecular weight excluding hydrogens is 210 g/mol. The summed E-state index contributed by atoms with van der Waals surface area (Å²) in [5.41, 5.74) is 6.50. The summed E-state index contributed by atoms with van der Waals surface area (Å²) < 4.78 is 15.0. The van der Waals surface area contributed by atoms with Crippen LogP contribution in [0.5, 0.6) is 5.75 Å². The second-order valence-electron chi connectivity index (χ2n) is 3.17. The van der Waals surface area contributed by atoms with Crippen LogP contribution in [0, 0.1) is 0 Å². The molecule has 2 rings (SSSR count). The minimum Gasteiger partial charge on any atom is -0.493 e. The Balaban J connectivity index is 2.72. The summed E-state index contributed by atoms with van der Waals surface area (Å²) in [7, 11) is 2.79. The first-order valence-electron chi connectivity index (χ1n) is 4.62. The van der Waals surface area contributed by atoms with Gasteiger partial charge in [-0.2, -0.15) is 0 Å². The molecule has 0 aliphatic rings. The van der Waals surface area contributed by atoms with Gasteiger partial charge in [-0.1, -0.05) is 6.07 Å². The Morgan fingerprint density at radius 1 is 1.38 bits per heavy atom. The average Bonchev–Trinajstić information content (AvgIpc) is 2.66. The third kappa shape index (κ3) is 1.37. The standard InChI is InChI=1S/C11H11NO4/c1-14-7-5-3-4-6-8(12)10(11(13)15-2)16-9(6)7/h3-5H,12H2,1-2H3. The summed E-state index contributed by atoms with van der Waals surface area (Å²) in [4.78, 5) is 11.4. The summed E-state index contributed by atoms with van der Waals surface area (Å²) >= 11 is 0. The molecule has 1 aromatic heterocycles. The SMILES string of the molecule is COC(=O)c1oc2c(OC)cccc2c1N. The number of nitrogen functional groups attached to an aromatic ring is 1. The Labute approximate surface area is 91.7 Å². The summed E-state index contributed by atoms with van der Waals surface area (Å²) in [6.45, 7) is 0. The normalized spacial score (nSPS) is 10.4. The minimum absolute atomic E-state index is 0.00185. The maximum atomic E-state index is 11.4. The number of para-hydroxylation sites is 1. The van der Waals surface area contributed by atoms with E-state index in [1.165, 1.54) is 14.2 Å². The van der Waals surface area contributed by atoms with E-state index in [4.69, 9.17) is 14.9 Å². The lowest BCUT2D eigenvalue weighted by Crippen LogP contribution is -2.02. The smallest absolute Gasteiger partial charge is 0.376 e. The van der Waals surface area contributed by atoms with E-state index < -0.39 is 5.97 Å². The third-order valence-corrected chi connectivity index (χ3v) is 2.31. The molecule has 1 aromatic carbocycles. The van der Waals surface area contributed by atoms with Crippen molar-refractivity contribution in [3.8, 4) is 5.75 Å². The van der Waals surface area contributed by atoms with Gasteiger partial charge in [0.2, 0.25) is 5.76 Å². The number of benzene rings is 1. The van der Waals surface area contributed by atoms with Gasteiger partial charge in [0.1, 0.15) is 0 Å². The fourth-order valence-corrected chi connectivity index (χ4v) is 1.52. The number of esters is 1. The van der Waals surface area contributed by atoms with E-state index in [9.17, 15) is 4.79 Å². The number of rotatable bonds is 2. The molecule has 0 saturated carbocycles. The predicted molar refractivity (Wildman–Crippen MR) is 58.5 cm³/mol. The molecule has 5 nitrogen and oxygen atoms in total. The summed E-state index contributed by atoms with van der Waals surface area (Å²) in [5, 5.41) is 0.639. The molecule has 0 spiro atoms. The van der Waals surface area contributed by atoms with Crippen LogP contribution < -0.4 is 10.5 Å². The van der Waals surface area contributed by atoms with E-state index in [0.717, 1.165) is 0 Å². The van der Waals surface area contributed by atoms with E-state index in [2.05, 4.69) is 4.74 Å². The number of hydrogen-bond donors (Lipinski definition) is 1.